The monoisotopic (exact) mass is 455 g/mol. The summed E-state index contributed by atoms with van der Waals surface area (Å²) in [6, 6.07) is 0. The van der Waals surface area contributed by atoms with E-state index in [1.807, 2.05) is 0 Å². The average Bonchev–Trinajstić information content (AvgIpc) is 3.20. The first-order chi connectivity index (χ1) is 10.7. The van der Waals surface area contributed by atoms with Crippen molar-refractivity contribution >= 4 is 40.1 Å². The molecule has 0 spiro atoms. The van der Waals surface area contributed by atoms with Crippen LogP contribution < -0.4 is 0 Å². The van der Waals surface area contributed by atoms with Gasteiger partial charge in [-0.2, -0.15) is 10.2 Å². The fraction of sp³-hybridized carbons (Fsp3) is 0.600. The zero-order valence-electron chi connectivity index (χ0n) is 11.4. The molecule has 0 aliphatic carbocycles. The molecule has 9 nitrogen and oxygen atoms in total. The van der Waals surface area contributed by atoms with E-state index in [1.165, 1.54) is 12.7 Å². The Bertz CT molecular complexity index is 507. The zero-order valence-corrected chi connectivity index (χ0v) is 15.4. The Hall–Kier alpha value is -0.740. The molecule has 22 heavy (non-hydrogen) atoms. The van der Waals surface area contributed by atoms with Crippen LogP contribution in [-0.4, -0.2) is 43.6 Å². The molecule has 0 amide bonds. The second kappa shape index (κ2) is 9.41. The van der Waals surface area contributed by atoms with Crippen LogP contribution in [0.2, 0.25) is 0 Å². The highest BCUT2D eigenvalue weighted by Crippen LogP contribution is 2.30. The fourth-order valence-electron chi connectivity index (χ4n) is 1.50. The van der Waals surface area contributed by atoms with Gasteiger partial charge in [-0.25, -0.2) is 9.97 Å². The highest BCUT2D eigenvalue weighted by Gasteiger charge is 2.23. The van der Waals surface area contributed by atoms with Crippen molar-refractivity contribution < 1.29 is 13.6 Å². The number of H-pyrrole nitrogens is 2. The summed E-state index contributed by atoms with van der Waals surface area (Å²) in [5, 5.41) is 13.0. The highest BCUT2D eigenvalue weighted by atomic mass is 79.9. The van der Waals surface area contributed by atoms with Crippen molar-refractivity contribution in [2.45, 2.75) is 22.5 Å². The minimum atomic E-state index is -2.14. The van der Waals surface area contributed by atoms with Crippen LogP contribution in [0.15, 0.2) is 12.7 Å². The van der Waals surface area contributed by atoms with Crippen molar-refractivity contribution in [2.24, 2.45) is 0 Å². The van der Waals surface area contributed by atoms with Gasteiger partial charge in [0.25, 0.3) is 0 Å². The summed E-state index contributed by atoms with van der Waals surface area (Å²) < 4.78 is 21.8. The third kappa shape index (κ3) is 5.81. The maximum absolute atomic E-state index is 11.6. The Morgan fingerprint density at radius 3 is 1.82 bits per heavy atom. The number of hydrogen-bond donors (Lipinski definition) is 2. The first kappa shape index (κ1) is 17.6. The molecule has 120 valence electrons. The quantitative estimate of drug-likeness (QED) is 0.416. The lowest BCUT2D eigenvalue weighted by Gasteiger charge is -2.03. The molecule has 2 rings (SSSR count). The molecule has 2 N–H and O–H groups in total. The second-order valence-corrected chi connectivity index (χ2v) is 7.32. The number of aromatic nitrogens is 6. The van der Waals surface area contributed by atoms with Gasteiger partial charge in [-0.1, -0.05) is 31.9 Å². The first-order valence-corrected chi connectivity index (χ1v) is 9.31. The summed E-state index contributed by atoms with van der Waals surface area (Å²) in [5.41, 5.74) is 0. The molecule has 0 aromatic carbocycles. The van der Waals surface area contributed by atoms with Crippen LogP contribution in [0.3, 0.4) is 0 Å². The van der Waals surface area contributed by atoms with Crippen molar-refractivity contribution in [1.29, 1.82) is 0 Å². The van der Waals surface area contributed by atoms with Gasteiger partial charge in [0.1, 0.15) is 37.5 Å². The van der Waals surface area contributed by atoms with Crippen LogP contribution in [0.4, 0.5) is 0 Å². The smallest absolute Gasteiger partial charge is 0.262 e. The van der Waals surface area contributed by atoms with Crippen molar-refractivity contribution in [2.75, 3.05) is 13.2 Å². The number of alkyl halides is 2. The van der Waals surface area contributed by atoms with Crippen molar-refractivity contribution in [3.8, 4) is 0 Å². The van der Waals surface area contributed by atoms with Gasteiger partial charge in [-0.15, -0.1) is 9.05 Å². The predicted octanol–water partition coefficient (Wildman–Crippen LogP) is 2.97. The van der Waals surface area contributed by atoms with E-state index >= 15 is 0 Å². The zero-order chi connectivity index (χ0) is 15.8. The van der Waals surface area contributed by atoms with E-state index in [2.05, 4.69) is 62.2 Å². The lowest BCUT2D eigenvalue weighted by Crippen LogP contribution is -2.00. The Morgan fingerprint density at radius 2 is 1.45 bits per heavy atom. The first-order valence-electron chi connectivity index (χ1n) is 6.38. The molecule has 12 heteroatoms. The SMILES string of the molecule is O=[P+](OCCC(Br)c1ncn[nH]1)OCCC(Br)c1ncn[nH]1. The molecule has 0 aliphatic heterocycles. The van der Waals surface area contributed by atoms with E-state index in [4.69, 9.17) is 9.05 Å². The van der Waals surface area contributed by atoms with Gasteiger partial charge in [0.05, 0.1) is 9.65 Å². The Morgan fingerprint density at radius 1 is 1.00 bits per heavy atom. The van der Waals surface area contributed by atoms with Crippen molar-refractivity contribution in [1.82, 2.24) is 30.4 Å². The predicted molar refractivity (Wildman–Crippen MR) is 84.8 cm³/mol. The third-order valence-electron chi connectivity index (χ3n) is 2.60. The maximum Gasteiger partial charge on any atom is 0.697 e. The van der Waals surface area contributed by atoms with Crippen molar-refractivity contribution in [3.63, 3.8) is 0 Å². The highest BCUT2D eigenvalue weighted by molar-refractivity contribution is 9.09. The van der Waals surface area contributed by atoms with Gasteiger partial charge in [0.15, 0.2) is 0 Å². The van der Waals surface area contributed by atoms with Crippen molar-refractivity contribution in [3.05, 3.63) is 24.3 Å². The normalized spacial score (nSPS) is 14.7. The van der Waals surface area contributed by atoms with Crippen LogP contribution in [-0.2, 0) is 13.6 Å². The number of nitrogens with one attached hydrogen (secondary N) is 2. The van der Waals surface area contributed by atoms with E-state index in [-0.39, 0.29) is 22.9 Å². The van der Waals surface area contributed by atoms with E-state index < -0.39 is 8.25 Å². The molecule has 0 aliphatic rings. The lowest BCUT2D eigenvalue weighted by molar-refractivity contribution is 0.221. The Balaban J connectivity index is 1.56. The molecule has 0 saturated carbocycles. The van der Waals surface area contributed by atoms with Gasteiger partial charge < -0.3 is 0 Å². The van der Waals surface area contributed by atoms with E-state index in [1.54, 1.807) is 0 Å². The number of hydrogen-bond acceptors (Lipinski definition) is 7. The van der Waals surface area contributed by atoms with Gasteiger partial charge in [-0.05, 0) is 12.8 Å². The van der Waals surface area contributed by atoms with Gasteiger partial charge in [0, 0.05) is 4.57 Å². The molecule has 0 saturated heterocycles. The molecular formula is C10H14Br2N6O3P+. The van der Waals surface area contributed by atoms with Crippen LogP contribution in [0, 0.1) is 0 Å². The molecule has 2 aromatic rings. The molecule has 2 heterocycles. The fourth-order valence-corrected chi connectivity index (χ4v) is 2.90. The molecule has 0 radical (unpaired) electrons. The summed E-state index contributed by atoms with van der Waals surface area (Å²) in [4.78, 5) is 7.97. The molecule has 0 fully saturated rings. The minimum absolute atomic E-state index is 0.0308. The number of nitrogens with zero attached hydrogens (tertiary/aromatic N) is 4. The standard InChI is InChI=1S/C10H14Br2N6O3P/c11-7(9-13-5-15-17-9)1-3-20-22(19)21-4-2-8(12)10-14-6-16-18-10/h5-8H,1-4H2,(H,13,15,17)(H,14,16,18)/q+1. The Labute approximate surface area is 144 Å². The van der Waals surface area contributed by atoms with Crippen LogP contribution in [0.1, 0.15) is 34.1 Å². The van der Waals surface area contributed by atoms with Gasteiger partial charge in [0.2, 0.25) is 0 Å². The topological polar surface area (TPSA) is 119 Å². The molecule has 0 bridgehead atoms. The largest absolute Gasteiger partial charge is 0.697 e. The van der Waals surface area contributed by atoms with Crippen LogP contribution in [0.25, 0.3) is 0 Å². The summed E-state index contributed by atoms with van der Waals surface area (Å²) in [5.74, 6) is 1.41. The number of aromatic amines is 2. The van der Waals surface area contributed by atoms with E-state index in [9.17, 15) is 4.57 Å². The summed E-state index contributed by atoms with van der Waals surface area (Å²) in [7, 11) is -2.14. The van der Waals surface area contributed by atoms with Crippen LogP contribution >= 0.6 is 40.1 Å². The van der Waals surface area contributed by atoms with Gasteiger partial charge in [-0.3, -0.25) is 10.2 Å². The Kier molecular flexibility index (Phi) is 7.53. The van der Waals surface area contributed by atoms with Crippen LogP contribution in [0.5, 0.6) is 0 Å². The summed E-state index contributed by atoms with van der Waals surface area (Å²) in [6.07, 6.45) is 4.05. The molecule has 2 atom stereocenters. The van der Waals surface area contributed by atoms with E-state index in [0.29, 0.717) is 24.5 Å². The minimum Gasteiger partial charge on any atom is -0.262 e. The van der Waals surface area contributed by atoms with E-state index in [0.717, 1.165) is 0 Å². The number of rotatable bonds is 10. The third-order valence-corrected chi connectivity index (χ3v) is 5.17. The number of halogens is 2. The average molecular weight is 457 g/mol. The molecule has 2 aromatic heterocycles. The maximum atomic E-state index is 11.6. The van der Waals surface area contributed by atoms with Gasteiger partial charge >= 0.3 is 8.25 Å². The lowest BCUT2D eigenvalue weighted by atomic mass is 10.3. The summed E-state index contributed by atoms with van der Waals surface area (Å²) >= 11 is 6.87. The summed E-state index contributed by atoms with van der Waals surface area (Å²) in [6.45, 7) is 0.567. The molecular weight excluding hydrogens is 443 g/mol. The second-order valence-electron chi connectivity index (χ2n) is 4.14. The molecule has 2 unspecified atom stereocenters.